The molecule has 60 valence electrons. The normalized spacial score (nSPS) is 10.1. The zero-order valence-corrected chi connectivity index (χ0v) is 9.68. The van der Waals surface area contributed by atoms with Gasteiger partial charge in [0.15, 0.2) is 0 Å². The van der Waals surface area contributed by atoms with E-state index in [0.29, 0.717) is 0 Å². The molecule has 11 heavy (non-hydrogen) atoms. The van der Waals surface area contributed by atoms with Crippen LogP contribution in [0, 0.1) is 6.92 Å². The molecule has 0 fully saturated rings. The summed E-state index contributed by atoms with van der Waals surface area (Å²) in [6, 6.07) is 6.66. The molecule has 0 unspecified atom stereocenters. The first-order valence-electron chi connectivity index (χ1n) is 3.86. The molecule has 0 amide bonds. The molecule has 0 spiro atoms. The highest BCUT2D eigenvalue weighted by Crippen LogP contribution is 2.14. The van der Waals surface area contributed by atoms with E-state index in [1.807, 2.05) is 0 Å². The molecule has 0 atom stereocenters. The van der Waals surface area contributed by atoms with Gasteiger partial charge in [0.05, 0.1) is 0 Å². The minimum atomic E-state index is 1.14. The standard InChI is InChI=1S/C9H15NSi/c1-7-4-5-8(11)6-9(7)10(2)3/h4-6H,1-3,11H3. The summed E-state index contributed by atoms with van der Waals surface area (Å²) in [6.07, 6.45) is 0. The van der Waals surface area contributed by atoms with Crippen LogP contribution in [0.2, 0.25) is 0 Å². The number of hydrogen-bond donors (Lipinski definition) is 0. The van der Waals surface area contributed by atoms with Gasteiger partial charge in [0.25, 0.3) is 0 Å². The van der Waals surface area contributed by atoms with Crippen molar-refractivity contribution in [3.05, 3.63) is 23.8 Å². The third-order valence-electron chi connectivity index (χ3n) is 1.85. The van der Waals surface area contributed by atoms with Gasteiger partial charge in [-0.15, -0.1) is 0 Å². The lowest BCUT2D eigenvalue weighted by molar-refractivity contribution is 1.12. The molecule has 1 aromatic carbocycles. The SMILES string of the molecule is Cc1ccc([SiH3])cc1N(C)C. The zero-order chi connectivity index (χ0) is 8.43. The van der Waals surface area contributed by atoms with Crippen molar-refractivity contribution >= 4 is 21.1 Å². The predicted octanol–water partition coefficient (Wildman–Crippen LogP) is 0.0517. The highest BCUT2D eigenvalue weighted by atomic mass is 28.1. The maximum atomic E-state index is 2.27. The number of anilines is 1. The Morgan fingerprint density at radius 3 is 2.36 bits per heavy atom. The fourth-order valence-electron chi connectivity index (χ4n) is 1.20. The van der Waals surface area contributed by atoms with Crippen LogP contribution in [0.1, 0.15) is 5.56 Å². The van der Waals surface area contributed by atoms with Crippen molar-refractivity contribution in [1.82, 2.24) is 0 Å². The van der Waals surface area contributed by atoms with Crippen molar-refractivity contribution in [2.75, 3.05) is 19.0 Å². The second-order valence-corrected chi connectivity index (χ2v) is 4.34. The van der Waals surface area contributed by atoms with E-state index >= 15 is 0 Å². The maximum absolute atomic E-state index is 2.27. The summed E-state index contributed by atoms with van der Waals surface area (Å²) in [5.74, 6) is 0. The summed E-state index contributed by atoms with van der Waals surface area (Å²) in [6.45, 7) is 2.15. The Morgan fingerprint density at radius 2 is 1.91 bits per heavy atom. The van der Waals surface area contributed by atoms with Crippen molar-refractivity contribution in [1.29, 1.82) is 0 Å². The third-order valence-corrected chi connectivity index (χ3v) is 2.47. The topological polar surface area (TPSA) is 3.24 Å². The summed E-state index contributed by atoms with van der Waals surface area (Å²) in [7, 11) is 5.31. The lowest BCUT2D eigenvalue weighted by atomic mass is 10.2. The van der Waals surface area contributed by atoms with Gasteiger partial charge in [-0.3, -0.25) is 0 Å². The molecule has 0 saturated carbocycles. The zero-order valence-electron chi connectivity index (χ0n) is 7.68. The van der Waals surface area contributed by atoms with Gasteiger partial charge in [0, 0.05) is 30.0 Å². The lowest BCUT2D eigenvalue weighted by Crippen LogP contribution is -2.13. The van der Waals surface area contributed by atoms with E-state index in [-0.39, 0.29) is 0 Å². The maximum Gasteiger partial charge on any atom is 0.0389 e. The van der Waals surface area contributed by atoms with E-state index < -0.39 is 0 Å². The molecule has 0 radical (unpaired) electrons. The predicted molar refractivity (Wildman–Crippen MR) is 55.1 cm³/mol. The number of nitrogens with zero attached hydrogens (tertiary/aromatic N) is 1. The minimum Gasteiger partial charge on any atom is -0.377 e. The van der Waals surface area contributed by atoms with Gasteiger partial charge in [0.1, 0.15) is 0 Å². The van der Waals surface area contributed by atoms with Gasteiger partial charge < -0.3 is 4.90 Å². The quantitative estimate of drug-likeness (QED) is 0.532. The largest absolute Gasteiger partial charge is 0.377 e. The Hall–Kier alpha value is -0.763. The van der Waals surface area contributed by atoms with Gasteiger partial charge in [-0.25, -0.2) is 0 Å². The van der Waals surface area contributed by atoms with Crippen molar-refractivity contribution in [3.8, 4) is 0 Å². The molecule has 0 aliphatic rings. The number of benzene rings is 1. The van der Waals surface area contributed by atoms with Crippen LogP contribution in [0.4, 0.5) is 5.69 Å². The molecule has 0 heterocycles. The third kappa shape index (κ3) is 1.83. The molecule has 0 bridgehead atoms. The molecule has 1 rings (SSSR count). The van der Waals surface area contributed by atoms with Crippen LogP contribution in [0.3, 0.4) is 0 Å². The average Bonchev–Trinajstić information content (AvgIpc) is 1.94. The second kappa shape index (κ2) is 3.09. The molecule has 0 aliphatic heterocycles. The first-order chi connectivity index (χ1) is 5.11. The Kier molecular flexibility index (Phi) is 2.34. The highest BCUT2D eigenvalue weighted by molar-refractivity contribution is 6.32. The molecule has 0 aromatic heterocycles. The fraction of sp³-hybridized carbons (Fsp3) is 0.333. The highest BCUT2D eigenvalue weighted by Gasteiger charge is 1.98. The van der Waals surface area contributed by atoms with Gasteiger partial charge in [-0.05, 0) is 18.6 Å². The van der Waals surface area contributed by atoms with Gasteiger partial charge in [0.2, 0.25) is 0 Å². The lowest BCUT2D eigenvalue weighted by Gasteiger charge is -2.15. The first kappa shape index (κ1) is 8.33. The molecule has 0 saturated heterocycles. The van der Waals surface area contributed by atoms with E-state index in [1.54, 1.807) is 0 Å². The van der Waals surface area contributed by atoms with E-state index in [1.165, 1.54) is 16.4 Å². The summed E-state index contributed by atoms with van der Waals surface area (Å²) in [5.41, 5.74) is 2.70. The summed E-state index contributed by atoms with van der Waals surface area (Å²) >= 11 is 0. The monoisotopic (exact) mass is 165 g/mol. The number of hydrogen-bond acceptors (Lipinski definition) is 1. The fourth-order valence-corrected chi connectivity index (χ4v) is 1.64. The Morgan fingerprint density at radius 1 is 1.27 bits per heavy atom. The summed E-state index contributed by atoms with van der Waals surface area (Å²) in [5, 5.41) is 1.46. The van der Waals surface area contributed by atoms with Crippen LogP contribution in [0.5, 0.6) is 0 Å². The van der Waals surface area contributed by atoms with Crippen molar-refractivity contribution in [2.24, 2.45) is 0 Å². The summed E-state index contributed by atoms with van der Waals surface area (Å²) in [4.78, 5) is 2.16. The van der Waals surface area contributed by atoms with Crippen LogP contribution in [-0.2, 0) is 0 Å². The van der Waals surface area contributed by atoms with Crippen LogP contribution in [0.15, 0.2) is 18.2 Å². The molecule has 1 nitrogen and oxygen atoms in total. The number of rotatable bonds is 1. The van der Waals surface area contributed by atoms with E-state index in [0.717, 1.165) is 10.2 Å². The Balaban J connectivity index is 3.13. The van der Waals surface area contributed by atoms with E-state index in [4.69, 9.17) is 0 Å². The van der Waals surface area contributed by atoms with Crippen molar-refractivity contribution < 1.29 is 0 Å². The molecular weight excluding hydrogens is 150 g/mol. The van der Waals surface area contributed by atoms with Gasteiger partial charge in [-0.2, -0.15) is 0 Å². The van der Waals surface area contributed by atoms with Gasteiger partial charge in [-0.1, -0.05) is 17.3 Å². The summed E-state index contributed by atoms with van der Waals surface area (Å²) < 4.78 is 0. The van der Waals surface area contributed by atoms with Gasteiger partial charge >= 0.3 is 0 Å². The van der Waals surface area contributed by atoms with Crippen LogP contribution in [-0.4, -0.2) is 24.3 Å². The molecular formula is C9H15NSi. The number of aryl methyl sites for hydroxylation is 1. The van der Waals surface area contributed by atoms with E-state index in [9.17, 15) is 0 Å². The average molecular weight is 165 g/mol. The van der Waals surface area contributed by atoms with Crippen LogP contribution < -0.4 is 10.1 Å². The Bertz CT molecular complexity index is 256. The second-order valence-electron chi connectivity index (χ2n) is 3.18. The smallest absolute Gasteiger partial charge is 0.0389 e. The molecule has 0 N–H and O–H groups in total. The van der Waals surface area contributed by atoms with Crippen LogP contribution in [0.25, 0.3) is 0 Å². The molecule has 0 aliphatic carbocycles. The van der Waals surface area contributed by atoms with Crippen molar-refractivity contribution in [2.45, 2.75) is 6.92 Å². The van der Waals surface area contributed by atoms with E-state index in [2.05, 4.69) is 44.1 Å². The molecule has 2 heteroatoms. The first-order valence-corrected chi connectivity index (χ1v) is 4.86. The minimum absolute atomic E-state index is 1.14. The molecule has 1 aromatic rings. The van der Waals surface area contributed by atoms with Crippen LogP contribution >= 0.6 is 0 Å². The Labute approximate surface area is 71.5 Å². The van der Waals surface area contributed by atoms with Crippen molar-refractivity contribution in [3.63, 3.8) is 0 Å².